The molecule has 0 unspecified atom stereocenters. The van der Waals surface area contributed by atoms with Crippen molar-refractivity contribution in [2.45, 2.75) is 22.8 Å². The van der Waals surface area contributed by atoms with Gasteiger partial charge in [0.05, 0.1) is 5.56 Å². The lowest BCUT2D eigenvalue weighted by atomic mass is 10.1. The number of pyridine rings is 1. The second-order valence-corrected chi connectivity index (χ2v) is 7.75. The lowest BCUT2D eigenvalue weighted by Crippen LogP contribution is -2.25. The summed E-state index contributed by atoms with van der Waals surface area (Å²) in [6, 6.07) is 22.1. The molecule has 5 heteroatoms. The number of carbonyl (C=O) groups is 1. The van der Waals surface area contributed by atoms with Gasteiger partial charge in [-0.2, -0.15) is 0 Å². The monoisotopic (exact) mass is 391 g/mol. The average Bonchev–Trinajstić information content (AvgIpc) is 2.72. The zero-order valence-electron chi connectivity index (χ0n) is 16.3. The van der Waals surface area contributed by atoms with Crippen molar-refractivity contribution in [3.63, 3.8) is 0 Å². The van der Waals surface area contributed by atoms with Gasteiger partial charge in [0.1, 0.15) is 5.03 Å². The fourth-order valence-corrected chi connectivity index (χ4v) is 3.70. The highest BCUT2D eigenvalue weighted by molar-refractivity contribution is 7.99. The van der Waals surface area contributed by atoms with Crippen LogP contribution in [0.15, 0.2) is 82.8 Å². The van der Waals surface area contributed by atoms with Crippen LogP contribution < -0.4 is 10.2 Å². The van der Waals surface area contributed by atoms with Crippen LogP contribution in [0.1, 0.15) is 22.3 Å². The van der Waals surface area contributed by atoms with E-state index in [-0.39, 0.29) is 5.91 Å². The van der Waals surface area contributed by atoms with E-state index in [9.17, 15) is 4.79 Å². The molecule has 0 bridgehead atoms. The first kappa shape index (κ1) is 20.0. The van der Waals surface area contributed by atoms with Crippen LogP contribution >= 0.6 is 11.8 Å². The van der Waals surface area contributed by atoms with Crippen LogP contribution in [-0.4, -0.2) is 31.5 Å². The molecule has 1 amide bonds. The Labute approximate surface area is 171 Å². The van der Waals surface area contributed by atoms with Gasteiger partial charge < -0.3 is 10.2 Å². The van der Waals surface area contributed by atoms with Gasteiger partial charge in [-0.25, -0.2) is 4.98 Å². The SMILES string of the molecule is CN(C)c1ccc(CCCNC(=O)c2cccnc2Sc2ccccc2)cc1. The van der Waals surface area contributed by atoms with Crippen molar-refractivity contribution in [2.24, 2.45) is 0 Å². The first-order chi connectivity index (χ1) is 13.6. The van der Waals surface area contributed by atoms with Crippen LogP contribution in [0.3, 0.4) is 0 Å². The summed E-state index contributed by atoms with van der Waals surface area (Å²) < 4.78 is 0. The molecule has 0 atom stereocenters. The highest BCUT2D eigenvalue weighted by Crippen LogP contribution is 2.28. The molecule has 1 aromatic heterocycles. The van der Waals surface area contributed by atoms with Crippen molar-refractivity contribution in [3.05, 3.63) is 84.1 Å². The molecule has 3 rings (SSSR count). The van der Waals surface area contributed by atoms with Gasteiger partial charge in [-0.1, -0.05) is 42.1 Å². The number of nitrogens with one attached hydrogen (secondary N) is 1. The van der Waals surface area contributed by atoms with Crippen molar-refractivity contribution in [2.75, 3.05) is 25.5 Å². The lowest BCUT2D eigenvalue weighted by molar-refractivity contribution is 0.0949. The van der Waals surface area contributed by atoms with Gasteiger partial charge in [0.15, 0.2) is 0 Å². The zero-order chi connectivity index (χ0) is 19.8. The molecule has 0 saturated heterocycles. The zero-order valence-corrected chi connectivity index (χ0v) is 17.1. The Morgan fingerprint density at radius 1 is 1.00 bits per heavy atom. The van der Waals surface area contributed by atoms with Crippen LogP contribution in [0.5, 0.6) is 0 Å². The maximum absolute atomic E-state index is 12.6. The highest BCUT2D eigenvalue weighted by Gasteiger charge is 2.13. The molecule has 3 aromatic rings. The van der Waals surface area contributed by atoms with Crippen molar-refractivity contribution < 1.29 is 4.79 Å². The maximum atomic E-state index is 12.6. The number of aryl methyl sites for hydroxylation is 1. The van der Waals surface area contributed by atoms with Crippen molar-refractivity contribution in [1.82, 2.24) is 10.3 Å². The van der Waals surface area contributed by atoms with E-state index in [0.717, 1.165) is 22.8 Å². The van der Waals surface area contributed by atoms with Crippen LogP contribution in [0, 0.1) is 0 Å². The standard InChI is InChI=1S/C23H25N3OS/c1-26(2)19-14-12-18(13-15-19)8-6-16-24-22(27)21-11-7-17-25-23(21)28-20-9-4-3-5-10-20/h3-5,7,9-15,17H,6,8,16H2,1-2H3,(H,24,27). The summed E-state index contributed by atoms with van der Waals surface area (Å²) in [4.78, 5) is 20.2. The van der Waals surface area contributed by atoms with Gasteiger partial charge in [0, 0.05) is 37.4 Å². The molecule has 0 aliphatic heterocycles. The van der Waals surface area contributed by atoms with E-state index in [1.165, 1.54) is 23.0 Å². The van der Waals surface area contributed by atoms with E-state index in [4.69, 9.17) is 0 Å². The predicted octanol–water partition coefficient (Wildman–Crippen LogP) is 4.66. The van der Waals surface area contributed by atoms with E-state index in [1.807, 2.05) is 50.5 Å². The van der Waals surface area contributed by atoms with E-state index < -0.39 is 0 Å². The van der Waals surface area contributed by atoms with Crippen LogP contribution in [0.2, 0.25) is 0 Å². The third-order valence-corrected chi connectivity index (χ3v) is 5.38. The number of aromatic nitrogens is 1. The summed E-state index contributed by atoms with van der Waals surface area (Å²) in [6.45, 7) is 0.638. The summed E-state index contributed by atoms with van der Waals surface area (Å²) in [5, 5.41) is 3.75. The number of benzene rings is 2. The van der Waals surface area contributed by atoms with Crippen LogP contribution in [0.25, 0.3) is 0 Å². The van der Waals surface area contributed by atoms with Gasteiger partial charge in [-0.15, -0.1) is 0 Å². The minimum atomic E-state index is -0.0745. The number of nitrogens with zero attached hydrogens (tertiary/aromatic N) is 2. The molecule has 1 N–H and O–H groups in total. The molecule has 0 spiro atoms. The molecular weight excluding hydrogens is 366 g/mol. The molecule has 2 aromatic carbocycles. The Hall–Kier alpha value is -2.79. The lowest BCUT2D eigenvalue weighted by Gasteiger charge is -2.13. The maximum Gasteiger partial charge on any atom is 0.254 e. The number of carbonyl (C=O) groups excluding carboxylic acids is 1. The van der Waals surface area contributed by atoms with Gasteiger partial charge in [-0.05, 0) is 54.8 Å². The molecule has 0 aliphatic rings. The van der Waals surface area contributed by atoms with Crippen molar-refractivity contribution in [1.29, 1.82) is 0 Å². The Balaban J connectivity index is 1.52. The second-order valence-electron chi connectivity index (χ2n) is 6.69. The number of rotatable bonds is 8. The van der Waals surface area contributed by atoms with Gasteiger partial charge in [-0.3, -0.25) is 4.79 Å². The number of anilines is 1. The molecule has 4 nitrogen and oxygen atoms in total. The fourth-order valence-electron chi connectivity index (χ4n) is 2.80. The number of hydrogen-bond donors (Lipinski definition) is 1. The number of amides is 1. The smallest absolute Gasteiger partial charge is 0.254 e. The first-order valence-electron chi connectivity index (χ1n) is 9.36. The van der Waals surface area contributed by atoms with E-state index in [2.05, 4.69) is 39.5 Å². The second kappa shape index (κ2) is 9.95. The van der Waals surface area contributed by atoms with E-state index >= 15 is 0 Å². The predicted molar refractivity (Wildman–Crippen MR) is 116 cm³/mol. The summed E-state index contributed by atoms with van der Waals surface area (Å²) in [5.74, 6) is -0.0745. The Morgan fingerprint density at radius 2 is 1.75 bits per heavy atom. The van der Waals surface area contributed by atoms with Gasteiger partial charge >= 0.3 is 0 Å². The normalized spacial score (nSPS) is 10.5. The van der Waals surface area contributed by atoms with E-state index in [1.54, 1.807) is 12.3 Å². The third-order valence-electron chi connectivity index (χ3n) is 4.35. The highest BCUT2D eigenvalue weighted by atomic mass is 32.2. The number of hydrogen-bond acceptors (Lipinski definition) is 4. The summed E-state index contributed by atoms with van der Waals surface area (Å²) in [5.41, 5.74) is 3.09. The Morgan fingerprint density at radius 3 is 2.46 bits per heavy atom. The van der Waals surface area contributed by atoms with Gasteiger partial charge in [0.25, 0.3) is 5.91 Å². The topological polar surface area (TPSA) is 45.2 Å². The molecule has 28 heavy (non-hydrogen) atoms. The Bertz CT molecular complexity index is 895. The molecule has 0 fully saturated rings. The molecule has 0 radical (unpaired) electrons. The van der Waals surface area contributed by atoms with E-state index in [0.29, 0.717) is 12.1 Å². The van der Waals surface area contributed by atoms with Crippen LogP contribution in [-0.2, 0) is 6.42 Å². The molecule has 1 heterocycles. The summed E-state index contributed by atoms with van der Waals surface area (Å²) in [7, 11) is 4.07. The summed E-state index contributed by atoms with van der Waals surface area (Å²) >= 11 is 1.51. The third kappa shape index (κ3) is 5.60. The van der Waals surface area contributed by atoms with Gasteiger partial charge in [0.2, 0.25) is 0 Å². The molecule has 0 aliphatic carbocycles. The minimum Gasteiger partial charge on any atom is -0.378 e. The average molecular weight is 392 g/mol. The Kier molecular flexibility index (Phi) is 7.09. The molecule has 144 valence electrons. The summed E-state index contributed by atoms with van der Waals surface area (Å²) in [6.07, 6.45) is 3.56. The van der Waals surface area contributed by atoms with Crippen molar-refractivity contribution in [3.8, 4) is 0 Å². The minimum absolute atomic E-state index is 0.0745. The first-order valence-corrected chi connectivity index (χ1v) is 10.2. The fraction of sp³-hybridized carbons (Fsp3) is 0.217. The quantitative estimate of drug-likeness (QED) is 0.567. The van der Waals surface area contributed by atoms with Crippen LogP contribution in [0.4, 0.5) is 5.69 Å². The molecule has 0 saturated carbocycles. The van der Waals surface area contributed by atoms with Crippen molar-refractivity contribution >= 4 is 23.4 Å². The largest absolute Gasteiger partial charge is 0.378 e. The molecular formula is C23H25N3OS.